The molecule has 0 atom stereocenters. The first-order valence-corrected chi connectivity index (χ1v) is 12.8. The van der Waals surface area contributed by atoms with Crippen molar-refractivity contribution in [1.82, 2.24) is 4.98 Å². The van der Waals surface area contributed by atoms with Crippen LogP contribution in [0.25, 0.3) is 0 Å². The molecule has 1 heterocycles. The van der Waals surface area contributed by atoms with E-state index in [4.69, 9.17) is 0 Å². The minimum Gasteiger partial charge on any atom is -0.478 e. The molecule has 0 radical (unpaired) electrons. The van der Waals surface area contributed by atoms with Gasteiger partial charge < -0.3 is 5.11 Å². The summed E-state index contributed by atoms with van der Waals surface area (Å²) in [6.07, 6.45) is 1.77. The van der Waals surface area contributed by atoms with E-state index in [0.29, 0.717) is 5.56 Å². The molecule has 0 bridgehead atoms. The van der Waals surface area contributed by atoms with Gasteiger partial charge in [0.05, 0.1) is 5.56 Å². The molecule has 3 aromatic rings. The van der Waals surface area contributed by atoms with Crippen LogP contribution >= 0.6 is 43.2 Å². The molecule has 0 spiro atoms. The summed E-state index contributed by atoms with van der Waals surface area (Å²) in [4.78, 5) is 16.9. The van der Waals surface area contributed by atoms with Gasteiger partial charge in [0, 0.05) is 22.6 Å². The molecule has 138 valence electrons. The number of nitrogens with zero attached hydrogens (tertiary/aromatic N) is 1. The van der Waals surface area contributed by atoms with Gasteiger partial charge in [-0.3, -0.25) is 0 Å². The highest BCUT2D eigenvalue weighted by Gasteiger charge is 2.08. The highest BCUT2D eigenvalue weighted by atomic mass is 33.1. The van der Waals surface area contributed by atoms with E-state index in [1.165, 1.54) is 4.90 Å². The van der Waals surface area contributed by atoms with Gasteiger partial charge >= 0.3 is 5.97 Å². The summed E-state index contributed by atoms with van der Waals surface area (Å²) < 4.78 is 0. The first-order chi connectivity index (χ1) is 13.2. The number of benzene rings is 2. The first kappa shape index (κ1) is 20.2. The lowest BCUT2D eigenvalue weighted by atomic mass is 10.1. The molecular weight excluding hydrogens is 414 g/mol. The van der Waals surface area contributed by atoms with Crippen LogP contribution in [-0.2, 0) is 11.5 Å². The van der Waals surface area contributed by atoms with Crippen LogP contribution in [0, 0.1) is 0 Å². The minimum atomic E-state index is -0.888. The van der Waals surface area contributed by atoms with Crippen LogP contribution in [0.5, 0.6) is 0 Å². The summed E-state index contributed by atoms with van der Waals surface area (Å²) in [5.74, 6) is 0.596. The number of carboxylic acids is 1. The zero-order chi connectivity index (χ0) is 18.9. The first-order valence-electron chi connectivity index (χ1n) is 8.12. The molecule has 0 aliphatic heterocycles. The molecule has 0 aliphatic carbocycles. The summed E-state index contributed by atoms with van der Waals surface area (Å²) >= 11 is 0. The highest BCUT2D eigenvalue weighted by Crippen LogP contribution is 2.35. The molecule has 2 aromatic carbocycles. The quantitative estimate of drug-likeness (QED) is 0.380. The molecule has 1 N–H and O–H groups in total. The van der Waals surface area contributed by atoms with E-state index in [1.54, 1.807) is 61.5 Å². The van der Waals surface area contributed by atoms with E-state index in [-0.39, 0.29) is 0 Å². The van der Waals surface area contributed by atoms with Crippen LogP contribution in [-0.4, -0.2) is 16.1 Å². The van der Waals surface area contributed by atoms with E-state index >= 15 is 0 Å². The van der Waals surface area contributed by atoms with E-state index in [0.717, 1.165) is 27.7 Å². The van der Waals surface area contributed by atoms with Crippen molar-refractivity contribution in [2.45, 2.75) is 21.4 Å². The number of pyridine rings is 1. The van der Waals surface area contributed by atoms with Crippen molar-refractivity contribution in [2.24, 2.45) is 0 Å². The average Bonchev–Trinajstić information content (AvgIpc) is 2.69. The minimum absolute atomic E-state index is 0.344. The van der Waals surface area contributed by atoms with Crippen LogP contribution in [0.4, 0.5) is 0 Å². The van der Waals surface area contributed by atoms with Gasteiger partial charge in [-0.25, -0.2) is 9.78 Å². The second kappa shape index (κ2) is 10.7. The molecule has 0 amide bonds. The fourth-order valence-corrected chi connectivity index (χ4v) is 6.30. The van der Waals surface area contributed by atoms with Crippen LogP contribution in [0.15, 0.2) is 82.8 Å². The van der Waals surface area contributed by atoms with Crippen LogP contribution in [0.2, 0.25) is 0 Å². The van der Waals surface area contributed by atoms with E-state index in [9.17, 15) is 9.90 Å². The summed E-state index contributed by atoms with van der Waals surface area (Å²) in [7, 11) is 6.67. The Labute approximate surface area is 174 Å². The van der Waals surface area contributed by atoms with Gasteiger partial charge in [-0.2, -0.15) is 0 Å². The summed E-state index contributed by atoms with van der Waals surface area (Å²) in [5.41, 5.74) is 2.39. The maximum Gasteiger partial charge on any atom is 0.335 e. The Bertz CT molecular complexity index is 812. The second-order valence-corrected chi connectivity index (χ2v) is 10.2. The van der Waals surface area contributed by atoms with Crippen molar-refractivity contribution in [3.8, 4) is 0 Å². The zero-order valence-electron chi connectivity index (χ0n) is 14.3. The molecule has 0 aliphatic rings. The Morgan fingerprint density at radius 2 is 1.52 bits per heavy atom. The largest absolute Gasteiger partial charge is 0.478 e. The molecule has 1 aromatic heterocycles. The Balaban J connectivity index is 1.60. The summed E-state index contributed by atoms with van der Waals surface area (Å²) in [6.45, 7) is 0. The lowest BCUT2D eigenvalue weighted by Crippen LogP contribution is -1.99. The SMILES string of the molecule is O=C(O)c1cc(CSSc2ccccc2)cc(CSSc2ccccn2)c1. The van der Waals surface area contributed by atoms with Gasteiger partial charge in [0.15, 0.2) is 0 Å². The van der Waals surface area contributed by atoms with Crippen molar-refractivity contribution in [3.05, 3.63) is 89.6 Å². The maximum absolute atomic E-state index is 11.5. The van der Waals surface area contributed by atoms with Crippen molar-refractivity contribution >= 4 is 49.1 Å². The number of hydrogen-bond donors (Lipinski definition) is 1. The third kappa shape index (κ3) is 6.84. The number of hydrogen-bond acceptors (Lipinski definition) is 6. The number of rotatable bonds is 9. The number of carbonyl (C=O) groups is 1. The summed E-state index contributed by atoms with van der Waals surface area (Å²) in [6, 6.07) is 21.6. The topological polar surface area (TPSA) is 50.2 Å². The second-order valence-electron chi connectivity index (χ2n) is 5.52. The lowest BCUT2D eigenvalue weighted by molar-refractivity contribution is 0.0696. The molecule has 7 heteroatoms. The molecule has 0 fully saturated rings. The zero-order valence-corrected chi connectivity index (χ0v) is 17.5. The molecular formula is C20H17NO2S4. The van der Waals surface area contributed by atoms with Gasteiger partial charge in [0.1, 0.15) is 5.03 Å². The smallest absolute Gasteiger partial charge is 0.335 e. The monoisotopic (exact) mass is 431 g/mol. The number of aromatic nitrogens is 1. The molecule has 0 unspecified atom stereocenters. The maximum atomic E-state index is 11.5. The molecule has 0 saturated heterocycles. The Hall–Kier alpha value is -1.54. The molecule has 3 rings (SSSR count). The van der Waals surface area contributed by atoms with Crippen LogP contribution in [0.1, 0.15) is 21.5 Å². The van der Waals surface area contributed by atoms with Crippen LogP contribution in [0.3, 0.4) is 0 Å². The molecule has 3 nitrogen and oxygen atoms in total. The van der Waals surface area contributed by atoms with Crippen molar-refractivity contribution in [2.75, 3.05) is 0 Å². The Morgan fingerprint density at radius 1 is 0.852 bits per heavy atom. The Morgan fingerprint density at radius 3 is 2.15 bits per heavy atom. The van der Waals surface area contributed by atoms with Crippen LogP contribution < -0.4 is 0 Å². The Kier molecular flexibility index (Phi) is 8.01. The third-order valence-corrected chi connectivity index (χ3v) is 7.95. The van der Waals surface area contributed by atoms with Gasteiger partial charge in [-0.1, -0.05) is 62.7 Å². The fourth-order valence-electron chi connectivity index (χ4n) is 2.25. The number of carboxylic acid groups (broad SMARTS) is 1. The summed E-state index contributed by atoms with van der Waals surface area (Å²) in [5, 5.41) is 10.4. The normalized spacial score (nSPS) is 10.7. The van der Waals surface area contributed by atoms with E-state index in [1.807, 2.05) is 36.4 Å². The van der Waals surface area contributed by atoms with Gasteiger partial charge in [0.2, 0.25) is 0 Å². The van der Waals surface area contributed by atoms with Gasteiger partial charge in [-0.05, 0) is 58.3 Å². The predicted molar refractivity (Wildman–Crippen MR) is 118 cm³/mol. The van der Waals surface area contributed by atoms with Crippen molar-refractivity contribution in [1.29, 1.82) is 0 Å². The van der Waals surface area contributed by atoms with Crippen molar-refractivity contribution in [3.63, 3.8) is 0 Å². The third-order valence-electron chi connectivity index (χ3n) is 3.43. The highest BCUT2D eigenvalue weighted by molar-refractivity contribution is 8.76. The predicted octanol–water partition coefficient (Wildman–Crippen LogP) is 6.66. The lowest BCUT2D eigenvalue weighted by Gasteiger charge is -2.08. The van der Waals surface area contributed by atoms with Gasteiger partial charge in [-0.15, -0.1) is 0 Å². The fraction of sp³-hybridized carbons (Fsp3) is 0.100. The van der Waals surface area contributed by atoms with E-state index < -0.39 is 5.97 Å². The molecule has 27 heavy (non-hydrogen) atoms. The number of aromatic carboxylic acids is 1. The van der Waals surface area contributed by atoms with Gasteiger partial charge in [0.25, 0.3) is 0 Å². The standard InChI is InChI=1S/C20H17NO2S4/c22-20(23)17-11-15(13-24-26-18-6-2-1-3-7-18)10-16(12-17)14-25-27-19-8-4-5-9-21-19/h1-12H,13-14H2,(H,22,23). The molecule has 0 saturated carbocycles. The average molecular weight is 432 g/mol. The van der Waals surface area contributed by atoms with E-state index in [2.05, 4.69) is 23.2 Å². The van der Waals surface area contributed by atoms with Crippen molar-refractivity contribution < 1.29 is 9.90 Å².